The van der Waals surface area contributed by atoms with Gasteiger partial charge in [-0.1, -0.05) is 0 Å². The summed E-state index contributed by atoms with van der Waals surface area (Å²) in [5.41, 5.74) is 0.526. The molecule has 2 rings (SSSR count). The maximum absolute atomic E-state index is 13.3. The van der Waals surface area contributed by atoms with Crippen molar-refractivity contribution in [3.05, 3.63) is 29.6 Å². The Kier molecular flexibility index (Phi) is 4.31. The van der Waals surface area contributed by atoms with Crippen LogP contribution in [0.1, 0.15) is 18.5 Å². The zero-order valence-corrected chi connectivity index (χ0v) is 12.4. The minimum atomic E-state index is -3.16. The van der Waals surface area contributed by atoms with Gasteiger partial charge in [0.05, 0.1) is 6.26 Å². The van der Waals surface area contributed by atoms with E-state index < -0.39 is 10.0 Å². The summed E-state index contributed by atoms with van der Waals surface area (Å²) in [5.74, 6) is -0.330. The quantitative estimate of drug-likeness (QED) is 0.910. The van der Waals surface area contributed by atoms with Crippen LogP contribution in [-0.4, -0.2) is 55.2 Å². The molecule has 0 bridgehead atoms. The average Bonchev–Trinajstić information content (AvgIpc) is 2.40. The molecule has 1 unspecified atom stereocenters. The second-order valence-electron chi connectivity index (χ2n) is 5.08. The maximum Gasteiger partial charge on any atom is 0.211 e. The fourth-order valence-corrected chi connectivity index (χ4v) is 3.31. The summed E-state index contributed by atoms with van der Waals surface area (Å²) >= 11 is 0. The highest BCUT2D eigenvalue weighted by molar-refractivity contribution is 7.88. The summed E-state index contributed by atoms with van der Waals surface area (Å²) < 4.78 is 37.6. The lowest BCUT2D eigenvalue weighted by atomic mass is 10.0. The number of phenolic OH excluding ortho intramolecular Hbond substituents is 1. The van der Waals surface area contributed by atoms with Crippen LogP contribution in [0.15, 0.2) is 18.2 Å². The van der Waals surface area contributed by atoms with Gasteiger partial charge in [0.1, 0.15) is 11.6 Å². The number of phenols is 1. The Bertz CT molecular complexity index is 583. The van der Waals surface area contributed by atoms with E-state index in [4.69, 9.17) is 0 Å². The number of benzene rings is 1. The molecule has 1 aromatic rings. The summed E-state index contributed by atoms with van der Waals surface area (Å²) in [6.45, 7) is 3.83. The normalized spacial score (nSPS) is 19.9. The van der Waals surface area contributed by atoms with Crippen molar-refractivity contribution in [2.45, 2.75) is 13.0 Å². The molecular weight excluding hydrogens is 283 g/mol. The first kappa shape index (κ1) is 15.2. The van der Waals surface area contributed by atoms with Gasteiger partial charge in [-0.05, 0) is 25.1 Å². The van der Waals surface area contributed by atoms with Crippen molar-refractivity contribution in [1.82, 2.24) is 9.21 Å². The molecule has 0 aromatic heterocycles. The summed E-state index contributed by atoms with van der Waals surface area (Å²) in [5, 5.41) is 9.82. The third-order valence-corrected chi connectivity index (χ3v) is 5.03. The lowest BCUT2D eigenvalue weighted by Gasteiger charge is -2.37. The first-order chi connectivity index (χ1) is 9.29. The molecule has 1 aromatic carbocycles. The van der Waals surface area contributed by atoms with Crippen LogP contribution in [0.5, 0.6) is 5.75 Å². The lowest BCUT2D eigenvalue weighted by Crippen LogP contribution is -2.48. The van der Waals surface area contributed by atoms with E-state index in [1.165, 1.54) is 28.8 Å². The van der Waals surface area contributed by atoms with Crippen LogP contribution in [0, 0.1) is 5.82 Å². The molecule has 1 atom stereocenters. The van der Waals surface area contributed by atoms with E-state index in [0.717, 1.165) is 0 Å². The smallest absolute Gasteiger partial charge is 0.211 e. The monoisotopic (exact) mass is 302 g/mol. The van der Waals surface area contributed by atoms with Gasteiger partial charge < -0.3 is 5.11 Å². The molecule has 1 fully saturated rings. The van der Waals surface area contributed by atoms with Crippen LogP contribution >= 0.6 is 0 Å². The fraction of sp³-hybridized carbons (Fsp3) is 0.538. The average molecular weight is 302 g/mol. The Morgan fingerprint density at radius 1 is 1.25 bits per heavy atom. The molecule has 1 aliphatic rings. The number of halogens is 1. The third-order valence-electron chi connectivity index (χ3n) is 3.73. The van der Waals surface area contributed by atoms with Gasteiger partial charge in [-0.15, -0.1) is 0 Å². The molecule has 0 aliphatic carbocycles. The number of hydrogen-bond donors (Lipinski definition) is 1. The van der Waals surface area contributed by atoms with Gasteiger partial charge in [-0.25, -0.2) is 12.8 Å². The topological polar surface area (TPSA) is 60.9 Å². The standard InChI is InChI=1S/C13H19FN2O3S/c1-10(12-9-11(14)3-4-13(12)17)15-5-7-16(8-6-15)20(2,18)19/h3-4,9-10,17H,5-8H2,1-2H3. The Balaban J connectivity index is 2.09. The molecule has 5 nitrogen and oxygen atoms in total. The molecule has 1 heterocycles. The van der Waals surface area contributed by atoms with Gasteiger partial charge in [0.25, 0.3) is 0 Å². The highest BCUT2D eigenvalue weighted by Gasteiger charge is 2.27. The molecule has 112 valence electrons. The van der Waals surface area contributed by atoms with Crippen LogP contribution in [0.4, 0.5) is 4.39 Å². The molecule has 0 spiro atoms. The number of hydrogen-bond acceptors (Lipinski definition) is 4. The van der Waals surface area contributed by atoms with Crippen molar-refractivity contribution in [1.29, 1.82) is 0 Å². The third kappa shape index (κ3) is 3.28. The van der Waals surface area contributed by atoms with Gasteiger partial charge in [0.15, 0.2) is 0 Å². The first-order valence-electron chi connectivity index (χ1n) is 6.46. The van der Waals surface area contributed by atoms with E-state index >= 15 is 0 Å². The highest BCUT2D eigenvalue weighted by Crippen LogP contribution is 2.29. The Hall–Kier alpha value is -1.18. The van der Waals surface area contributed by atoms with Crippen molar-refractivity contribution in [2.24, 2.45) is 0 Å². The molecule has 0 amide bonds. The van der Waals surface area contributed by atoms with Crippen LogP contribution in [0.2, 0.25) is 0 Å². The molecule has 7 heteroatoms. The predicted molar refractivity (Wildman–Crippen MR) is 74.5 cm³/mol. The highest BCUT2D eigenvalue weighted by atomic mass is 32.2. The SMILES string of the molecule is CC(c1cc(F)ccc1O)N1CCN(S(C)(=O)=O)CC1. The molecule has 0 saturated carbocycles. The Morgan fingerprint density at radius 2 is 1.85 bits per heavy atom. The van der Waals surface area contributed by atoms with E-state index in [-0.39, 0.29) is 17.6 Å². The summed E-state index contributed by atoms with van der Waals surface area (Å²) in [4.78, 5) is 2.04. The summed E-state index contributed by atoms with van der Waals surface area (Å²) in [6, 6.07) is 3.72. The van der Waals surface area contributed by atoms with Crippen LogP contribution in [0.25, 0.3) is 0 Å². The maximum atomic E-state index is 13.3. The number of rotatable bonds is 3. The minimum Gasteiger partial charge on any atom is -0.508 e. The predicted octanol–water partition coefficient (Wildman–Crippen LogP) is 1.17. The molecule has 1 aliphatic heterocycles. The van der Waals surface area contributed by atoms with E-state index in [1.54, 1.807) is 0 Å². The lowest BCUT2D eigenvalue weighted by molar-refractivity contribution is 0.144. The Morgan fingerprint density at radius 3 is 2.40 bits per heavy atom. The second-order valence-corrected chi connectivity index (χ2v) is 7.06. The molecule has 1 saturated heterocycles. The summed E-state index contributed by atoms with van der Waals surface area (Å²) in [7, 11) is -3.16. The largest absolute Gasteiger partial charge is 0.508 e. The van der Waals surface area contributed by atoms with Crippen molar-refractivity contribution in [2.75, 3.05) is 32.4 Å². The minimum absolute atomic E-state index is 0.0597. The summed E-state index contributed by atoms with van der Waals surface area (Å²) in [6.07, 6.45) is 1.20. The molecular formula is C13H19FN2O3S. The zero-order chi connectivity index (χ0) is 14.9. The number of sulfonamides is 1. The van der Waals surface area contributed by atoms with E-state index in [1.807, 2.05) is 11.8 Å². The Labute approximate surface area is 118 Å². The van der Waals surface area contributed by atoms with Crippen LogP contribution in [0.3, 0.4) is 0 Å². The number of piperazine rings is 1. The molecule has 1 N–H and O–H groups in total. The number of aromatic hydroxyl groups is 1. The molecule has 20 heavy (non-hydrogen) atoms. The van der Waals surface area contributed by atoms with Crippen molar-refractivity contribution in [3.8, 4) is 5.75 Å². The van der Waals surface area contributed by atoms with E-state index in [0.29, 0.717) is 31.7 Å². The van der Waals surface area contributed by atoms with E-state index in [9.17, 15) is 17.9 Å². The van der Waals surface area contributed by atoms with Gasteiger partial charge >= 0.3 is 0 Å². The van der Waals surface area contributed by atoms with Gasteiger partial charge in [-0.3, -0.25) is 4.90 Å². The first-order valence-corrected chi connectivity index (χ1v) is 8.31. The van der Waals surface area contributed by atoms with E-state index in [2.05, 4.69) is 0 Å². The van der Waals surface area contributed by atoms with Crippen LogP contribution < -0.4 is 0 Å². The van der Waals surface area contributed by atoms with Gasteiger partial charge in [-0.2, -0.15) is 4.31 Å². The van der Waals surface area contributed by atoms with Gasteiger partial charge in [0, 0.05) is 37.8 Å². The molecule has 0 radical (unpaired) electrons. The zero-order valence-electron chi connectivity index (χ0n) is 11.6. The number of nitrogens with zero attached hydrogens (tertiary/aromatic N) is 2. The van der Waals surface area contributed by atoms with Gasteiger partial charge in [0.2, 0.25) is 10.0 Å². The van der Waals surface area contributed by atoms with Crippen molar-refractivity contribution in [3.63, 3.8) is 0 Å². The van der Waals surface area contributed by atoms with Crippen LogP contribution in [-0.2, 0) is 10.0 Å². The van der Waals surface area contributed by atoms with Crippen molar-refractivity contribution >= 4 is 10.0 Å². The second kappa shape index (κ2) is 5.67. The fourth-order valence-electron chi connectivity index (χ4n) is 2.48. The van der Waals surface area contributed by atoms with Crippen molar-refractivity contribution < 1.29 is 17.9 Å².